The number of anilines is 1. The third-order valence-electron chi connectivity index (χ3n) is 4.75. The molecule has 0 fully saturated rings. The van der Waals surface area contributed by atoms with Gasteiger partial charge in [0.2, 0.25) is 5.91 Å². The van der Waals surface area contributed by atoms with Crippen LogP contribution in [-0.2, 0) is 11.3 Å². The lowest BCUT2D eigenvalue weighted by Crippen LogP contribution is -2.10. The minimum atomic E-state index is -0.183. The van der Waals surface area contributed by atoms with Gasteiger partial charge in [-0.2, -0.15) is 5.10 Å². The average molecular weight is 375 g/mol. The Kier molecular flexibility index (Phi) is 5.94. The highest BCUT2D eigenvalue weighted by Gasteiger charge is 2.14. The highest BCUT2D eigenvalue weighted by Crippen LogP contribution is 2.21. The average Bonchev–Trinajstić information content (AvgIpc) is 2.96. The van der Waals surface area contributed by atoms with Gasteiger partial charge in [0.25, 0.3) is 0 Å². The molecule has 0 spiro atoms. The molecule has 0 aliphatic heterocycles. The highest BCUT2D eigenvalue weighted by molar-refractivity contribution is 6.02. The number of aryl methyl sites for hydroxylation is 2. The topological polar surface area (TPSA) is 56.1 Å². The third kappa shape index (κ3) is 4.49. The summed E-state index contributed by atoms with van der Waals surface area (Å²) in [6.45, 7) is 6.65. The fraction of sp³-hybridized carbons (Fsp3) is 0.217. The van der Waals surface area contributed by atoms with Gasteiger partial charge in [0.1, 0.15) is 5.75 Å². The van der Waals surface area contributed by atoms with Crippen LogP contribution in [0.25, 0.3) is 6.08 Å². The molecule has 0 aliphatic carbocycles. The van der Waals surface area contributed by atoms with E-state index in [1.165, 1.54) is 17.2 Å². The quantitative estimate of drug-likeness (QED) is 0.645. The van der Waals surface area contributed by atoms with Crippen LogP contribution in [-0.4, -0.2) is 22.8 Å². The standard InChI is InChI=1S/C23H25N3O2/c1-16-7-5-6-8-20(16)15-26-18(3)23(17(2)25-26)24-22(27)14-11-19-9-12-21(28-4)13-10-19/h5-14H,15H2,1-4H3,(H,24,27)/b14-11+. The van der Waals surface area contributed by atoms with Crippen LogP contribution in [0.15, 0.2) is 54.6 Å². The minimum Gasteiger partial charge on any atom is -0.497 e. The van der Waals surface area contributed by atoms with E-state index in [-0.39, 0.29) is 5.91 Å². The van der Waals surface area contributed by atoms with Gasteiger partial charge in [-0.15, -0.1) is 0 Å². The fourth-order valence-electron chi connectivity index (χ4n) is 3.03. The van der Waals surface area contributed by atoms with E-state index in [2.05, 4.69) is 29.5 Å². The molecular weight excluding hydrogens is 350 g/mol. The lowest BCUT2D eigenvalue weighted by molar-refractivity contribution is -0.111. The van der Waals surface area contributed by atoms with Crippen molar-refractivity contribution in [1.82, 2.24) is 9.78 Å². The summed E-state index contributed by atoms with van der Waals surface area (Å²) >= 11 is 0. The van der Waals surface area contributed by atoms with Gasteiger partial charge in [0.05, 0.1) is 30.7 Å². The molecule has 0 atom stereocenters. The molecule has 0 bridgehead atoms. The number of nitrogens with zero attached hydrogens (tertiary/aromatic N) is 2. The Bertz CT molecular complexity index is 1000. The van der Waals surface area contributed by atoms with Crippen LogP contribution in [0.2, 0.25) is 0 Å². The Morgan fingerprint density at radius 2 is 1.82 bits per heavy atom. The molecule has 0 saturated heterocycles. The number of amides is 1. The molecule has 0 radical (unpaired) electrons. The molecule has 1 heterocycles. The molecule has 2 aromatic carbocycles. The van der Waals surface area contributed by atoms with Crippen molar-refractivity contribution in [3.63, 3.8) is 0 Å². The predicted octanol–water partition coefficient (Wildman–Crippen LogP) is 4.52. The van der Waals surface area contributed by atoms with Gasteiger partial charge in [0.15, 0.2) is 0 Å². The molecule has 144 valence electrons. The van der Waals surface area contributed by atoms with Gasteiger partial charge in [-0.05, 0) is 55.7 Å². The molecule has 0 unspecified atom stereocenters. The van der Waals surface area contributed by atoms with Crippen LogP contribution in [0.5, 0.6) is 5.75 Å². The van der Waals surface area contributed by atoms with E-state index in [4.69, 9.17) is 4.74 Å². The number of carbonyl (C=O) groups is 1. The van der Waals surface area contributed by atoms with Gasteiger partial charge in [-0.1, -0.05) is 36.4 Å². The van der Waals surface area contributed by atoms with Crippen molar-refractivity contribution >= 4 is 17.7 Å². The summed E-state index contributed by atoms with van der Waals surface area (Å²) in [6, 6.07) is 15.8. The van der Waals surface area contributed by atoms with Crippen molar-refractivity contribution < 1.29 is 9.53 Å². The van der Waals surface area contributed by atoms with Crippen LogP contribution in [0.3, 0.4) is 0 Å². The lowest BCUT2D eigenvalue weighted by Gasteiger charge is -2.08. The smallest absolute Gasteiger partial charge is 0.248 e. The lowest BCUT2D eigenvalue weighted by atomic mass is 10.1. The Morgan fingerprint density at radius 3 is 2.50 bits per heavy atom. The maximum Gasteiger partial charge on any atom is 0.248 e. The van der Waals surface area contributed by atoms with Gasteiger partial charge >= 0.3 is 0 Å². The van der Waals surface area contributed by atoms with Gasteiger partial charge in [-0.25, -0.2) is 0 Å². The zero-order valence-electron chi connectivity index (χ0n) is 16.7. The summed E-state index contributed by atoms with van der Waals surface area (Å²) in [5.41, 5.74) is 5.87. The van der Waals surface area contributed by atoms with E-state index in [1.807, 2.05) is 54.9 Å². The Hall–Kier alpha value is -3.34. The molecule has 3 aromatic rings. The van der Waals surface area contributed by atoms with Crippen LogP contribution in [0.1, 0.15) is 28.1 Å². The van der Waals surface area contributed by atoms with Crippen molar-refractivity contribution in [3.8, 4) is 5.75 Å². The number of hydrogen-bond donors (Lipinski definition) is 1. The van der Waals surface area contributed by atoms with E-state index in [0.717, 1.165) is 28.4 Å². The number of ether oxygens (including phenoxy) is 1. The maximum absolute atomic E-state index is 12.4. The molecule has 28 heavy (non-hydrogen) atoms. The van der Waals surface area contributed by atoms with E-state index in [1.54, 1.807) is 13.2 Å². The first-order valence-electron chi connectivity index (χ1n) is 9.19. The van der Waals surface area contributed by atoms with Crippen molar-refractivity contribution in [2.75, 3.05) is 12.4 Å². The van der Waals surface area contributed by atoms with Crippen molar-refractivity contribution in [2.45, 2.75) is 27.3 Å². The van der Waals surface area contributed by atoms with Crippen LogP contribution < -0.4 is 10.1 Å². The zero-order chi connectivity index (χ0) is 20.1. The number of benzene rings is 2. The largest absolute Gasteiger partial charge is 0.497 e. The minimum absolute atomic E-state index is 0.183. The first-order chi connectivity index (χ1) is 13.5. The molecule has 5 heteroatoms. The summed E-state index contributed by atoms with van der Waals surface area (Å²) in [7, 11) is 1.63. The number of aromatic nitrogens is 2. The summed E-state index contributed by atoms with van der Waals surface area (Å²) in [6.07, 6.45) is 3.30. The molecule has 1 N–H and O–H groups in total. The Balaban J connectivity index is 1.71. The van der Waals surface area contributed by atoms with E-state index >= 15 is 0 Å². The first kappa shape index (κ1) is 19.4. The molecular formula is C23H25N3O2. The monoisotopic (exact) mass is 375 g/mol. The number of methoxy groups -OCH3 is 1. The molecule has 5 nitrogen and oxygen atoms in total. The number of hydrogen-bond acceptors (Lipinski definition) is 3. The van der Waals surface area contributed by atoms with Gasteiger partial charge in [0, 0.05) is 6.08 Å². The maximum atomic E-state index is 12.4. The fourth-order valence-corrected chi connectivity index (χ4v) is 3.03. The first-order valence-corrected chi connectivity index (χ1v) is 9.19. The van der Waals surface area contributed by atoms with Crippen LogP contribution in [0.4, 0.5) is 5.69 Å². The normalized spacial score (nSPS) is 11.0. The number of rotatable bonds is 6. The molecule has 0 saturated carbocycles. The van der Waals surface area contributed by atoms with Crippen molar-refractivity contribution in [3.05, 3.63) is 82.7 Å². The zero-order valence-corrected chi connectivity index (χ0v) is 16.7. The molecule has 0 aliphatic rings. The summed E-state index contributed by atoms with van der Waals surface area (Å²) in [5.74, 6) is 0.603. The summed E-state index contributed by atoms with van der Waals surface area (Å²) in [4.78, 5) is 12.4. The highest BCUT2D eigenvalue weighted by atomic mass is 16.5. The number of carbonyl (C=O) groups excluding carboxylic acids is 1. The van der Waals surface area contributed by atoms with Crippen LogP contribution >= 0.6 is 0 Å². The second kappa shape index (κ2) is 8.57. The molecule has 1 amide bonds. The number of nitrogens with one attached hydrogen (secondary N) is 1. The third-order valence-corrected chi connectivity index (χ3v) is 4.75. The van der Waals surface area contributed by atoms with E-state index in [9.17, 15) is 4.79 Å². The van der Waals surface area contributed by atoms with Crippen LogP contribution in [0, 0.1) is 20.8 Å². The van der Waals surface area contributed by atoms with Gasteiger partial charge in [-0.3, -0.25) is 9.48 Å². The van der Waals surface area contributed by atoms with E-state index in [0.29, 0.717) is 6.54 Å². The van der Waals surface area contributed by atoms with E-state index < -0.39 is 0 Å². The predicted molar refractivity (Wildman–Crippen MR) is 113 cm³/mol. The second-order valence-electron chi connectivity index (χ2n) is 6.73. The SMILES string of the molecule is COc1ccc(/C=C/C(=O)Nc2c(C)nn(Cc3ccccc3C)c2C)cc1. The second-order valence-corrected chi connectivity index (χ2v) is 6.73. The molecule has 1 aromatic heterocycles. The van der Waals surface area contributed by atoms with Crippen molar-refractivity contribution in [2.24, 2.45) is 0 Å². The van der Waals surface area contributed by atoms with Gasteiger partial charge < -0.3 is 10.1 Å². The molecule has 3 rings (SSSR count). The Labute approximate surface area is 165 Å². The van der Waals surface area contributed by atoms with Crippen molar-refractivity contribution in [1.29, 1.82) is 0 Å². The Morgan fingerprint density at radius 1 is 1.11 bits per heavy atom. The summed E-state index contributed by atoms with van der Waals surface area (Å²) < 4.78 is 7.07. The summed E-state index contributed by atoms with van der Waals surface area (Å²) in [5, 5.41) is 7.56.